The van der Waals surface area contributed by atoms with Crippen LogP contribution < -0.4 is 4.90 Å². The third kappa shape index (κ3) is 3.53. The zero-order valence-electron chi connectivity index (χ0n) is 13.9. The molecule has 24 heavy (non-hydrogen) atoms. The second-order valence-corrected chi connectivity index (χ2v) is 8.24. The van der Waals surface area contributed by atoms with Gasteiger partial charge in [-0.1, -0.05) is 6.07 Å². The van der Waals surface area contributed by atoms with Gasteiger partial charge in [0.05, 0.1) is 4.90 Å². The predicted molar refractivity (Wildman–Crippen MR) is 92.0 cm³/mol. The molecular weight excluding hydrogens is 326 g/mol. The van der Waals surface area contributed by atoms with Crippen molar-refractivity contribution in [2.75, 3.05) is 17.7 Å². The van der Waals surface area contributed by atoms with Crippen molar-refractivity contribution in [3.63, 3.8) is 0 Å². The van der Waals surface area contributed by atoms with Gasteiger partial charge in [-0.05, 0) is 49.6 Å². The van der Waals surface area contributed by atoms with Crippen molar-refractivity contribution in [2.45, 2.75) is 37.5 Å². The van der Waals surface area contributed by atoms with Crippen molar-refractivity contribution in [3.05, 3.63) is 47.4 Å². The third-order valence-corrected chi connectivity index (χ3v) is 5.40. The van der Waals surface area contributed by atoms with E-state index in [-0.39, 0.29) is 10.8 Å². The molecule has 0 atom stereocenters. The number of nitrogens with zero attached hydrogens (tertiary/aromatic N) is 1. The van der Waals surface area contributed by atoms with E-state index in [0.717, 1.165) is 35.6 Å². The summed E-state index contributed by atoms with van der Waals surface area (Å²) in [5, 5.41) is 0. The predicted octanol–water partition coefficient (Wildman–Crippen LogP) is 2.90. The van der Waals surface area contributed by atoms with E-state index < -0.39 is 9.84 Å². The first-order valence-corrected chi connectivity index (χ1v) is 9.92. The Bertz CT molecular complexity index is 867. The highest BCUT2D eigenvalue weighted by Gasteiger charge is 2.24. The molecule has 0 aliphatic carbocycles. The van der Waals surface area contributed by atoms with Crippen molar-refractivity contribution in [3.8, 4) is 0 Å². The summed E-state index contributed by atoms with van der Waals surface area (Å²) in [6, 6.07) is 8.83. The van der Waals surface area contributed by atoms with Gasteiger partial charge in [-0.15, -0.1) is 0 Å². The quantitative estimate of drug-likeness (QED) is 0.853. The Morgan fingerprint density at radius 3 is 2.71 bits per heavy atom. The molecule has 0 unspecified atom stereocenters. The van der Waals surface area contributed by atoms with Crippen molar-refractivity contribution >= 4 is 21.4 Å². The lowest BCUT2D eigenvalue weighted by molar-refractivity contribution is -0.118. The Morgan fingerprint density at radius 2 is 2.04 bits per heavy atom. The Hall–Kier alpha value is -2.08. The number of hydrogen-bond acceptors (Lipinski definition) is 4. The van der Waals surface area contributed by atoms with Gasteiger partial charge in [0.25, 0.3) is 0 Å². The van der Waals surface area contributed by atoms with E-state index in [1.54, 1.807) is 17.0 Å². The molecule has 1 amide bonds. The first-order valence-electron chi connectivity index (χ1n) is 8.03. The van der Waals surface area contributed by atoms with Crippen molar-refractivity contribution in [1.29, 1.82) is 0 Å². The molecule has 3 rings (SSSR count). The van der Waals surface area contributed by atoms with E-state index in [1.165, 1.54) is 6.26 Å². The largest absolute Gasteiger partial charge is 0.466 e. The van der Waals surface area contributed by atoms with E-state index in [0.29, 0.717) is 19.4 Å². The summed E-state index contributed by atoms with van der Waals surface area (Å²) in [4.78, 5) is 14.6. The van der Waals surface area contributed by atoms with E-state index in [9.17, 15) is 13.2 Å². The van der Waals surface area contributed by atoms with Crippen LogP contribution in [0.4, 0.5) is 5.69 Å². The van der Waals surface area contributed by atoms with Gasteiger partial charge in [0.2, 0.25) is 5.91 Å². The second kappa shape index (κ2) is 6.43. The van der Waals surface area contributed by atoms with Gasteiger partial charge in [-0.3, -0.25) is 4.79 Å². The molecule has 0 bridgehead atoms. The van der Waals surface area contributed by atoms with Crippen molar-refractivity contribution in [1.82, 2.24) is 0 Å². The molecule has 0 saturated carbocycles. The summed E-state index contributed by atoms with van der Waals surface area (Å²) in [5.41, 5.74) is 1.75. The fourth-order valence-electron chi connectivity index (χ4n) is 3.03. The number of benzene rings is 1. The number of aryl methyl sites for hydroxylation is 3. The lowest BCUT2D eigenvalue weighted by Gasteiger charge is -2.30. The number of fused-ring (bicyclic) bond motifs is 1. The summed E-state index contributed by atoms with van der Waals surface area (Å²) in [7, 11) is -3.29. The van der Waals surface area contributed by atoms with Gasteiger partial charge >= 0.3 is 0 Å². The van der Waals surface area contributed by atoms with Gasteiger partial charge in [-0.25, -0.2) is 8.42 Å². The minimum Gasteiger partial charge on any atom is -0.466 e. The molecule has 0 saturated heterocycles. The fourth-order valence-corrected chi connectivity index (χ4v) is 3.67. The topological polar surface area (TPSA) is 67.6 Å². The van der Waals surface area contributed by atoms with Crippen LogP contribution >= 0.6 is 0 Å². The fraction of sp³-hybridized carbons (Fsp3) is 0.389. The molecule has 2 aromatic rings. The Balaban J connectivity index is 1.81. The molecule has 1 aromatic carbocycles. The molecule has 6 heteroatoms. The molecule has 1 aliphatic heterocycles. The van der Waals surface area contributed by atoms with E-state index in [2.05, 4.69) is 0 Å². The highest BCUT2D eigenvalue weighted by molar-refractivity contribution is 7.90. The van der Waals surface area contributed by atoms with E-state index >= 15 is 0 Å². The minimum absolute atomic E-state index is 0.00402. The third-order valence-electron chi connectivity index (χ3n) is 4.29. The Labute approximate surface area is 142 Å². The number of sulfone groups is 1. The lowest BCUT2D eigenvalue weighted by atomic mass is 10.0. The normalized spacial score (nSPS) is 14.5. The summed E-state index contributed by atoms with van der Waals surface area (Å²) < 4.78 is 29.1. The number of carbonyl (C=O) groups is 1. The summed E-state index contributed by atoms with van der Waals surface area (Å²) in [6.07, 6.45) is 3.82. The van der Waals surface area contributed by atoms with Crippen LogP contribution in [-0.4, -0.2) is 27.1 Å². The molecule has 0 radical (unpaired) electrons. The number of anilines is 1. The second-order valence-electron chi connectivity index (χ2n) is 6.22. The molecule has 0 N–H and O–H groups in total. The average Bonchev–Trinajstić information content (AvgIpc) is 2.96. The van der Waals surface area contributed by atoms with Crippen LogP contribution in [0.2, 0.25) is 0 Å². The molecule has 0 fully saturated rings. The van der Waals surface area contributed by atoms with Crippen molar-refractivity contribution in [2.24, 2.45) is 0 Å². The van der Waals surface area contributed by atoms with E-state index in [1.807, 2.05) is 25.1 Å². The number of amides is 1. The van der Waals surface area contributed by atoms with Crippen LogP contribution in [0.5, 0.6) is 0 Å². The van der Waals surface area contributed by atoms with Crippen LogP contribution in [0.25, 0.3) is 0 Å². The number of furan rings is 1. The molecule has 5 nitrogen and oxygen atoms in total. The number of rotatable bonds is 4. The van der Waals surface area contributed by atoms with Crippen molar-refractivity contribution < 1.29 is 17.6 Å². The Morgan fingerprint density at radius 1 is 1.25 bits per heavy atom. The van der Waals surface area contributed by atoms with E-state index in [4.69, 9.17) is 4.42 Å². The molecule has 1 aliphatic rings. The maximum absolute atomic E-state index is 12.6. The first-order chi connectivity index (χ1) is 11.3. The van der Waals surface area contributed by atoms with Gasteiger partial charge in [0.1, 0.15) is 11.5 Å². The minimum atomic E-state index is -3.29. The monoisotopic (exact) mass is 347 g/mol. The summed E-state index contributed by atoms with van der Waals surface area (Å²) in [6.45, 7) is 2.50. The molecule has 128 valence electrons. The standard InChI is InChI=1S/C18H21NO4S/c1-13-5-7-15(23-13)8-10-18(20)19-11-3-4-14-6-9-16(12-17(14)19)24(2,21)22/h5-7,9,12H,3-4,8,10-11H2,1-2H3. The van der Waals surface area contributed by atoms with Crippen LogP contribution in [0.3, 0.4) is 0 Å². The van der Waals surface area contributed by atoms with Crippen LogP contribution in [-0.2, 0) is 27.5 Å². The van der Waals surface area contributed by atoms with Crippen LogP contribution in [0.15, 0.2) is 39.6 Å². The summed E-state index contributed by atoms with van der Waals surface area (Å²) >= 11 is 0. The molecular formula is C18H21NO4S. The van der Waals surface area contributed by atoms with Gasteiger partial charge in [0, 0.05) is 31.3 Å². The molecule has 0 spiro atoms. The lowest BCUT2D eigenvalue weighted by Crippen LogP contribution is -2.35. The maximum atomic E-state index is 12.6. The highest BCUT2D eigenvalue weighted by atomic mass is 32.2. The average molecular weight is 347 g/mol. The SMILES string of the molecule is Cc1ccc(CCC(=O)N2CCCc3ccc(S(C)(=O)=O)cc32)o1. The number of hydrogen-bond donors (Lipinski definition) is 0. The van der Waals surface area contributed by atoms with Gasteiger partial charge in [0.15, 0.2) is 9.84 Å². The van der Waals surface area contributed by atoms with Crippen LogP contribution in [0, 0.1) is 6.92 Å². The van der Waals surface area contributed by atoms with Gasteiger partial charge < -0.3 is 9.32 Å². The number of carbonyl (C=O) groups excluding carboxylic acids is 1. The zero-order chi connectivity index (χ0) is 17.3. The smallest absolute Gasteiger partial charge is 0.227 e. The molecule has 1 aromatic heterocycles. The summed E-state index contributed by atoms with van der Waals surface area (Å²) in [5.74, 6) is 1.62. The first kappa shape index (κ1) is 16.8. The van der Waals surface area contributed by atoms with Gasteiger partial charge in [-0.2, -0.15) is 0 Å². The zero-order valence-corrected chi connectivity index (χ0v) is 14.7. The van der Waals surface area contributed by atoms with Crippen LogP contribution in [0.1, 0.15) is 29.9 Å². The maximum Gasteiger partial charge on any atom is 0.227 e. The highest BCUT2D eigenvalue weighted by Crippen LogP contribution is 2.30. The Kier molecular flexibility index (Phi) is 4.49. The molecule has 2 heterocycles.